The fourth-order valence-corrected chi connectivity index (χ4v) is 2.49. The maximum atomic E-state index is 13.0. The average Bonchev–Trinajstić information content (AvgIpc) is 2.64. The lowest BCUT2D eigenvalue weighted by molar-refractivity contribution is 0.0782. The third-order valence-electron chi connectivity index (χ3n) is 3.77. The summed E-state index contributed by atoms with van der Waals surface area (Å²) in [4.78, 5) is 14.4. The summed E-state index contributed by atoms with van der Waals surface area (Å²) in [5, 5.41) is 0. The first-order valence-corrected chi connectivity index (χ1v) is 7.95. The van der Waals surface area contributed by atoms with E-state index in [-0.39, 0.29) is 11.7 Å². The molecule has 0 saturated carbocycles. The quantitative estimate of drug-likeness (QED) is 0.664. The maximum Gasteiger partial charge on any atom is 0.257 e. The molecule has 3 rings (SSSR count). The van der Waals surface area contributed by atoms with Crippen LogP contribution >= 0.6 is 0 Å². The van der Waals surface area contributed by atoms with Crippen LogP contribution in [0.2, 0.25) is 0 Å². The topological polar surface area (TPSA) is 29.5 Å². The summed E-state index contributed by atoms with van der Waals surface area (Å²) in [6.07, 6.45) is 0. The number of rotatable bonds is 5. The van der Waals surface area contributed by atoms with E-state index >= 15 is 0 Å². The van der Waals surface area contributed by atoms with Crippen LogP contribution < -0.4 is 4.74 Å². The Hall–Kier alpha value is -3.14. The molecule has 0 unspecified atom stereocenters. The van der Waals surface area contributed by atoms with Gasteiger partial charge in [0, 0.05) is 13.6 Å². The number of carbonyl (C=O) groups is 1. The molecule has 0 heterocycles. The van der Waals surface area contributed by atoms with Crippen LogP contribution in [0.5, 0.6) is 11.5 Å². The number of benzene rings is 3. The highest BCUT2D eigenvalue weighted by molar-refractivity contribution is 5.96. The zero-order valence-corrected chi connectivity index (χ0v) is 13.9. The van der Waals surface area contributed by atoms with Crippen molar-refractivity contribution in [2.75, 3.05) is 7.05 Å². The summed E-state index contributed by atoms with van der Waals surface area (Å²) in [5.74, 6) is 0.726. The molecular weight excluding hydrogens is 317 g/mol. The summed E-state index contributed by atoms with van der Waals surface area (Å²) in [6.45, 7) is 0.388. The van der Waals surface area contributed by atoms with Gasteiger partial charge in [-0.1, -0.05) is 42.5 Å². The van der Waals surface area contributed by atoms with Crippen LogP contribution in [0.4, 0.5) is 4.39 Å². The second-order valence-electron chi connectivity index (χ2n) is 5.70. The minimum atomic E-state index is -0.292. The number of amides is 1. The molecule has 3 nitrogen and oxygen atoms in total. The Morgan fingerprint density at radius 3 is 2.28 bits per heavy atom. The molecule has 126 valence electrons. The molecule has 0 fully saturated rings. The van der Waals surface area contributed by atoms with Crippen molar-refractivity contribution in [3.63, 3.8) is 0 Å². The van der Waals surface area contributed by atoms with Crippen molar-refractivity contribution in [2.45, 2.75) is 6.54 Å². The predicted octanol–water partition coefficient (Wildman–Crippen LogP) is 4.89. The zero-order chi connectivity index (χ0) is 17.6. The lowest BCUT2D eigenvalue weighted by Gasteiger charge is -2.19. The van der Waals surface area contributed by atoms with Gasteiger partial charge in [0.05, 0.1) is 5.56 Å². The summed E-state index contributed by atoms with van der Waals surface area (Å²) >= 11 is 0. The molecule has 0 saturated heterocycles. The van der Waals surface area contributed by atoms with Crippen molar-refractivity contribution >= 4 is 5.91 Å². The molecule has 0 radical (unpaired) electrons. The number of hydrogen-bond acceptors (Lipinski definition) is 2. The number of para-hydroxylation sites is 2. The highest BCUT2D eigenvalue weighted by Gasteiger charge is 2.17. The summed E-state index contributed by atoms with van der Waals surface area (Å²) in [6, 6.07) is 22.6. The van der Waals surface area contributed by atoms with Crippen LogP contribution in [0, 0.1) is 5.82 Å². The molecule has 4 heteroatoms. The van der Waals surface area contributed by atoms with Gasteiger partial charge in [0.25, 0.3) is 5.91 Å². The number of ether oxygens (including phenoxy) is 1. The van der Waals surface area contributed by atoms with Gasteiger partial charge in [0.15, 0.2) is 0 Å². The van der Waals surface area contributed by atoms with Crippen LogP contribution in [0.1, 0.15) is 15.9 Å². The van der Waals surface area contributed by atoms with Gasteiger partial charge in [-0.05, 0) is 42.0 Å². The molecule has 0 N–H and O–H groups in total. The van der Waals surface area contributed by atoms with Crippen LogP contribution in [0.15, 0.2) is 78.9 Å². The zero-order valence-electron chi connectivity index (χ0n) is 13.9. The normalized spacial score (nSPS) is 10.3. The van der Waals surface area contributed by atoms with Crippen molar-refractivity contribution in [3.8, 4) is 11.5 Å². The Morgan fingerprint density at radius 2 is 1.56 bits per heavy atom. The van der Waals surface area contributed by atoms with Gasteiger partial charge in [0.2, 0.25) is 0 Å². The smallest absolute Gasteiger partial charge is 0.257 e. The Bertz CT molecular complexity index is 847. The third kappa shape index (κ3) is 4.23. The number of halogens is 1. The fourth-order valence-electron chi connectivity index (χ4n) is 2.49. The van der Waals surface area contributed by atoms with E-state index in [4.69, 9.17) is 4.74 Å². The van der Waals surface area contributed by atoms with Crippen molar-refractivity contribution in [3.05, 3.63) is 95.8 Å². The lowest BCUT2D eigenvalue weighted by atomic mass is 10.1. The second kappa shape index (κ2) is 7.62. The van der Waals surface area contributed by atoms with E-state index in [1.54, 1.807) is 42.3 Å². The van der Waals surface area contributed by atoms with Gasteiger partial charge in [0.1, 0.15) is 17.3 Å². The molecule has 1 amide bonds. The summed E-state index contributed by atoms with van der Waals surface area (Å²) < 4.78 is 18.9. The fraction of sp³-hybridized carbons (Fsp3) is 0.0952. The standard InChI is InChI=1S/C21H18FNO2/c1-23(15-16-11-13-17(22)14-12-16)21(24)19-9-5-6-10-20(19)25-18-7-3-2-4-8-18/h2-14H,15H2,1H3. The predicted molar refractivity (Wildman–Crippen MR) is 95.2 cm³/mol. The SMILES string of the molecule is CN(Cc1ccc(F)cc1)C(=O)c1ccccc1Oc1ccccc1. The molecule has 0 spiro atoms. The largest absolute Gasteiger partial charge is 0.457 e. The van der Waals surface area contributed by atoms with E-state index in [9.17, 15) is 9.18 Å². The van der Waals surface area contributed by atoms with Gasteiger partial charge >= 0.3 is 0 Å². The molecule has 0 aliphatic heterocycles. The molecule has 3 aromatic carbocycles. The monoisotopic (exact) mass is 335 g/mol. The van der Waals surface area contributed by atoms with Gasteiger partial charge in [-0.15, -0.1) is 0 Å². The summed E-state index contributed by atoms with van der Waals surface area (Å²) in [5.41, 5.74) is 1.34. The summed E-state index contributed by atoms with van der Waals surface area (Å²) in [7, 11) is 1.71. The molecular formula is C21H18FNO2. The van der Waals surface area contributed by atoms with Crippen molar-refractivity contribution in [2.24, 2.45) is 0 Å². The number of nitrogens with zero attached hydrogens (tertiary/aromatic N) is 1. The van der Waals surface area contributed by atoms with Crippen LogP contribution in [0.25, 0.3) is 0 Å². The first-order valence-electron chi connectivity index (χ1n) is 7.95. The van der Waals surface area contributed by atoms with Gasteiger partial charge < -0.3 is 9.64 Å². The highest BCUT2D eigenvalue weighted by Crippen LogP contribution is 2.26. The Balaban J connectivity index is 1.78. The lowest BCUT2D eigenvalue weighted by Crippen LogP contribution is -2.26. The van der Waals surface area contributed by atoms with Crippen LogP contribution in [-0.2, 0) is 6.54 Å². The van der Waals surface area contributed by atoms with E-state index in [0.717, 1.165) is 5.56 Å². The first kappa shape index (κ1) is 16.7. The van der Waals surface area contributed by atoms with Crippen molar-refractivity contribution in [1.29, 1.82) is 0 Å². The molecule has 0 bridgehead atoms. The Labute approximate surface area is 146 Å². The van der Waals surface area contributed by atoms with Crippen molar-refractivity contribution < 1.29 is 13.9 Å². The van der Waals surface area contributed by atoms with E-state index in [2.05, 4.69) is 0 Å². The molecule has 0 aliphatic rings. The molecule has 0 atom stereocenters. The minimum absolute atomic E-state index is 0.157. The van der Waals surface area contributed by atoms with Crippen LogP contribution in [0.3, 0.4) is 0 Å². The first-order chi connectivity index (χ1) is 12.1. The second-order valence-corrected chi connectivity index (χ2v) is 5.70. The Morgan fingerprint density at radius 1 is 0.920 bits per heavy atom. The average molecular weight is 335 g/mol. The van der Waals surface area contributed by atoms with E-state index in [1.165, 1.54) is 12.1 Å². The van der Waals surface area contributed by atoms with E-state index in [0.29, 0.717) is 23.6 Å². The number of carbonyl (C=O) groups excluding carboxylic acids is 1. The molecule has 0 aromatic heterocycles. The number of hydrogen-bond donors (Lipinski definition) is 0. The van der Waals surface area contributed by atoms with E-state index in [1.807, 2.05) is 36.4 Å². The van der Waals surface area contributed by atoms with Crippen molar-refractivity contribution in [1.82, 2.24) is 4.90 Å². The van der Waals surface area contributed by atoms with Gasteiger partial charge in [-0.3, -0.25) is 4.79 Å². The molecule has 3 aromatic rings. The van der Waals surface area contributed by atoms with Gasteiger partial charge in [-0.25, -0.2) is 4.39 Å². The van der Waals surface area contributed by atoms with Crippen LogP contribution in [-0.4, -0.2) is 17.9 Å². The molecule has 0 aliphatic carbocycles. The maximum absolute atomic E-state index is 13.0. The Kier molecular flexibility index (Phi) is 5.09. The molecule has 25 heavy (non-hydrogen) atoms. The highest BCUT2D eigenvalue weighted by atomic mass is 19.1. The van der Waals surface area contributed by atoms with Gasteiger partial charge in [-0.2, -0.15) is 0 Å². The third-order valence-corrected chi connectivity index (χ3v) is 3.77. The minimum Gasteiger partial charge on any atom is -0.457 e. The van der Waals surface area contributed by atoms with E-state index < -0.39 is 0 Å².